The fourth-order valence-corrected chi connectivity index (χ4v) is 3.12. The lowest BCUT2D eigenvalue weighted by Gasteiger charge is -2.36. The first-order valence-corrected chi connectivity index (χ1v) is 8.99. The van der Waals surface area contributed by atoms with Gasteiger partial charge in [-0.1, -0.05) is 0 Å². The van der Waals surface area contributed by atoms with E-state index in [1.165, 1.54) is 25.0 Å². The number of hydrogen-bond donors (Lipinski definition) is 1. The molecule has 8 nitrogen and oxygen atoms in total. The fourth-order valence-electron chi connectivity index (χ4n) is 3.12. The summed E-state index contributed by atoms with van der Waals surface area (Å²) in [6.07, 6.45) is 2.51. The van der Waals surface area contributed by atoms with Crippen molar-refractivity contribution in [1.29, 1.82) is 0 Å². The number of benzene rings is 1. The van der Waals surface area contributed by atoms with Gasteiger partial charge in [0.25, 0.3) is 0 Å². The molecular formula is C17H23FN8. The fraction of sp³-hybridized carbons (Fsp3) is 0.529. The van der Waals surface area contributed by atoms with Gasteiger partial charge in [-0.3, -0.25) is 0 Å². The van der Waals surface area contributed by atoms with Crippen LogP contribution < -0.4 is 10.6 Å². The standard InChI is InChI=1S/C17H23FN8/c18-14-3-5-15(6-4-14)24-7-9-25(10-8-24)17(19)20-11-16-21-22-23-26(16)12-13-1-2-13/h3-6,13H,1-2,7-12H2,(H2,19,20). The predicted octanol–water partition coefficient (Wildman–Crippen LogP) is 0.859. The van der Waals surface area contributed by atoms with Crippen LogP contribution in [0.4, 0.5) is 10.1 Å². The van der Waals surface area contributed by atoms with E-state index < -0.39 is 0 Å². The molecule has 2 aromatic rings. The van der Waals surface area contributed by atoms with E-state index in [2.05, 4.69) is 30.3 Å². The summed E-state index contributed by atoms with van der Waals surface area (Å²) in [5, 5.41) is 11.8. The molecule has 0 amide bonds. The summed E-state index contributed by atoms with van der Waals surface area (Å²) in [7, 11) is 0. The van der Waals surface area contributed by atoms with Gasteiger partial charge in [0, 0.05) is 38.4 Å². The van der Waals surface area contributed by atoms with Gasteiger partial charge in [0.05, 0.1) is 0 Å². The Balaban J connectivity index is 1.31. The second-order valence-corrected chi connectivity index (χ2v) is 6.85. The summed E-state index contributed by atoms with van der Waals surface area (Å²) in [5.74, 6) is 1.76. The maximum atomic E-state index is 13.0. The number of nitrogens with two attached hydrogens (primary N) is 1. The van der Waals surface area contributed by atoms with Crippen LogP contribution in [0.25, 0.3) is 0 Å². The van der Waals surface area contributed by atoms with E-state index in [1.807, 2.05) is 16.8 Å². The topological polar surface area (TPSA) is 88.5 Å². The second-order valence-electron chi connectivity index (χ2n) is 6.85. The van der Waals surface area contributed by atoms with Crippen molar-refractivity contribution in [3.05, 3.63) is 35.9 Å². The molecule has 4 rings (SSSR count). The highest BCUT2D eigenvalue weighted by Gasteiger charge is 2.24. The zero-order valence-electron chi connectivity index (χ0n) is 14.6. The maximum absolute atomic E-state index is 13.0. The maximum Gasteiger partial charge on any atom is 0.191 e. The Hall–Kier alpha value is -2.71. The Kier molecular flexibility index (Phi) is 4.68. The van der Waals surface area contributed by atoms with E-state index in [1.54, 1.807) is 0 Å². The van der Waals surface area contributed by atoms with Gasteiger partial charge in [0.15, 0.2) is 11.8 Å². The minimum Gasteiger partial charge on any atom is -0.370 e. The van der Waals surface area contributed by atoms with E-state index in [0.717, 1.165) is 44.2 Å². The molecule has 0 atom stereocenters. The first-order chi connectivity index (χ1) is 12.7. The molecule has 26 heavy (non-hydrogen) atoms. The van der Waals surface area contributed by atoms with Gasteiger partial charge in [0.2, 0.25) is 0 Å². The van der Waals surface area contributed by atoms with Gasteiger partial charge < -0.3 is 15.5 Å². The zero-order chi connectivity index (χ0) is 17.9. The smallest absolute Gasteiger partial charge is 0.191 e. The number of anilines is 1. The molecule has 2 aliphatic rings. The SMILES string of the molecule is NC(=NCc1nnnn1CC1CC1)N1CCN(c2ccc(F)cc2)CC1. The molecule has 2 N–H and O–H groups in total. The molecule has 1 aromatic heterocycles. The van der Waals surface area contributed by atoms with E-state index >= 15 is 0 Å². The average Bonchev–Trinajstić information content (AvgIpc) is 3.37. The molecule has 0 spiro atoms. The van der Waals surface area contributed by atoms with Crippen molar-refractivity contribution in [1.82, 2.24) is 25.1 Å². The average molecular weight is 358 g/mol. The van der Waals surface area contributed by atoms with Crippen molar-refractivity contribution in [2.75, 3.05) is 31.1 Å². The summed E-state index contributed by atoms with van der Waals surface area (Å²) < 4.78 is 14.9. The van der Waals surface area contributed by atoms with Gasteiger partial charge in [-0.25, -0.2) is 14.1 Å². The number of tetrazole rings is 1. The monoisotopic (exact) mass is 358 g/mol. The Labute approximate surface area is 151 Å². The Bertz CT molecular complexity index is 759. The summed E-state index contributed by atoms with van der Waals surface area (Å²) in [5.41, 5.74) is 7.19. The van der Waals surface area contributed by atoms with Crippen LogP contribution in [-0.2, 0) is 13.1 Å². The summed E-state index contributed by atoms with van der Waals surface area (Å²) in [4.78, 5) is 8.76. The quantitative estimate of drug-likeness (QED) is 0.630. The normalized spacial score (nSPS) is 18.4. The third kappa shape index (κ3) is 3.92. The number of aliphatic imine (C=N–C) groups is 1. The zero-order valence-corrected chi connectivity index (χ0v) is 14.6. The van der Waals surface area contributed by atoms with Crippen molar-refractivity contribution in [2.45, 2.75) is 25.9 Å². The second kappa shape index (κ2) is 7.27. The Morgan fingerprint density at radius 3 is 2.58 bits per heavy atom. The molecule has 0 unspecified atom stereocenters. The summed E-state index contributed by atoms with van der Waals surface area (Å²) >= 11 is 0. The number of rotatable bonds is 5. The third-order valence-corrected chi connectivity index (χ3v) is 4.91. The molecule has 2 fully saturated rings. The van der Waals surface area contributed by atoms with E-state index in [9.17, 15) is 4.39 Å². The van der Waals surface area contributed by atoms with Crippen LogP contribution in [0.15, 0.2) is 29.3 Å². The van der Waals surface area contributed by atoms with Crippen LogP contribution in [0.1, 0.15) is 18.7 Å². The lowest BCUT2D eigenvalue weighted by molar-refractivity contribution is 0.380. The first kappa shape index (κ1) is 16.7. The highest BCUT2D eigenvalue weighted by molar-refractivity contribution is 5.78. The molecule has 138 valence electrons. The molecule has 1 aliphatic carbocycles. The summed E-state index contributed by atoms with van der Waals surface area (Å²) in [6.45, 7) is 4.46. The van der Waals surface area contributed by atoms with Crippen LogP contribution in [0.2, 0.25) is 0 Å². The van der Waals surface area contributed by atoms with Crippen LogP contribution in [0.3, 0.4) is 0 Å². The first-order valence-electron chi connectivity index (χ1n) is 8.99. The largest absolute Gasteiger partial charge is 0.370 e. The van der Waals surface area contributed by atoms with Crippen LogP contribution >= 0.6 is 0 Å². The van der Waals surface area contributed by atoms with E-state index in [-0.39, 0.29) is 5.82 Å². The highest BCUT2D eigenvalue weighted by atomic mass is 19.1. The number of guanidine groups is 1. The van der Waals surface area contributed by atoms with Gasteiger partial charge in [-0.15, -0.1) is 5.10 Å². The lowest BCUT2D eigenvalue weighted by Crippen LogP contribution is -2.51. The molecule has 0 radical (unpaired) electrons. The third-order valence-electron chi connectivity index (χ3n) is 4.91. The molecule has 0 bridgehead atoms. The van der Waals surface area contributed by atoms with Gasteiger partial charge >= 0.3 is 0 Å². The molecule has 1 saturated carbocycles. The van der Waals surface area contributed by atoms with Gasteiger partial charge in [-0.05, 0) is 53.5 Å². The molecule has 1 saturated heterocycles. The molecule has 9 heteroatoms. The highest BCUT2D eigenvalue weighted by Crippen LogP contribution is 2.30. The summed E-state index contributed by atoms with van der Waals surface area (Å²) in [6, 6.07) is 6.59. The number of nitrogens with zero attached hydrogens (tertiary/aromatic N) is 7. The van der Waals surface area contributed by atoms with E-state index in [0.29, 0.717) is 18.4 Å². The Morgan fingerprint density at radius 1 is 1.15 bits per heavy atom. The van der Waals surface area contributed by atoms with Gasteiger partial charge in [0.1, 0.15) is 12.4 Å². The molecule has 1 aliphatic heterocycles. The Morgan fingerprint density at radius 2 is 1.88 bits per heavy atom. The number of piperazine rings is 1. The molecule has 1 aromatic carbocycles. The van der Waals surface area contributed by atoms with Crippen molar-refractivity contribution in [2.24, 2.45) is 16.6 Å². The van der Waals surface area contributed by atoms with Crippen molar-refractivity contribution in [3.63, 3.8) is 0 Å². The molecular weight excluding hydrogens is 335 g/mol. The van der Waals surface area contributed by atoms with E-state index in [4.69, 9.17) is 5.73 Å². The minimum atomic E-state index is -0.215. The lowest BCUT2D eigenvalue weighted by atomic mass is 10.2. The number of aromatic nitrogens is 4. The van der Waals surface area contributed by atoms with Gasteiger partial charge in [-0.2, -0.15) is 0 Å². The van der Waals surface area contributed by atoms with Crippen LogP contribution in [-0.4, -0.2) is 57.2 Å². The minimum absolute atomic E-state index is 0.215. The van der Waals surface area contributed by atoms with Crippen molar-refractivity contribution in [3.8, 4) is 0 Å². The van der Waals surface area contributed by atoms with Crippen molar-refractivity contribution >= 4 is 11.6 Å². The van der Waals surface area contributed by atoms with Crippen LogP contribution in [0, 0.1) is 11.7 Å². The number of hydrogen-bond acceptors (Lipinski definition) is 5. The predicted molar refractivity (Wildman–Crippen MR) is 96.1 cm³/mol. The van der Waals surface area contributed by atoms with Crippen molar-refractivity contribution < 1.29 is 4.39 Å². The van der Waals surface area contributed by atoms with Crippen LogP contribution in [0.5, 0.6) is 0 Å². The molecule has 2 heterocycles. The number of halogens is 1.